The second-order valence-corrected chi connectivity index (χ2v) is 2.75. The second kappa shape index (κ2) is 3.37. The van der Waals surface area contributed by atoms with Gasteiger partial charge in [0.05, 0.1) is 0 Å². The third-order valence-corrected chi connectivity index (χ3v) is 1.64. The number of halogens is 3. The van der Waals surface area contributed by atoms with Gasteiger partial charge < -0.3 is 10.5 Å². The van der Waals surface area contributed by atoms with Crippen molar-refractivity contribution < 1.29 is 17.9 Å². The van der Waals surface area contributed by atoms with Crippen LogP contribution in [0.5, 0.6) is 5.75 Å². The number of thiol groups is 1. The zero-order chi connectivity index (χ0) is 10.1. The summed E-state index contributed by atoms with van der Waals surface area (Å²) in [5.74, 6) is -0.345. The smallest absolute Gasteiger partial charge is 0.406 e. The summed E-state index contributed by atoms with van der Waals surface area (Å²) in [6.07, 6.45) is -4.69. The summed E-state index contributed by atoms with van der Waals surface area (Å²) in [4.78, 5) is 0.412. The van der Waals surface area contributed by atoms with E-state index in [-0.39, 0.29) is 11.4 Å². The summed E-state index contributed by atoms with van der Waals surface area (Å²) in [5.41, 5.74) is 5.46. The van der Waals surface area contributed by atoms with Gasteiger partial charge in [-0.15, -0.1) is 25.8 Å². The van der Waals surface area contributed by atoms with E-state index in [4.69, 9.17) is 5.73 Å². The van der Waals surface area contributed by atoms with Crippen LogP contribution in [0.1, 0.15) is 0 Å². The highest BCUT2D eigenvalue weighted by atomic mass is 32.1. The first-order valence-electron chi connectivity index (χ1n) is 3.23. The maximum Gasteiger partial charge on any atom is 0.573 e. The van der Waals surface area contributed by atoms with Crippen LogP contribution in [0.2, 0.25) is 0 Å². The lowest BCUT2D eigenvalue weighted by atomic mass is 10.3. The van der Waals surface area contributed by atoms with Gasteiger partial charge in [-0.3, -0.25) is 0 Å². The largest absolute Gasteiger partial charge is 0.573 e. The van der Waals surface area contributed by atoms with Gasteiger partial charge in [-0.2, -0.15) is 0 Å². The predicted octanol–water partition coefficient (Wildman–Crippen LogP) is 2.46. The van der Waals surface area contributed by atoms with Crippen molar-refractivity contribution in [3.05, 3.63) is 18.2 Å². The molecule has 0 amide bonds. The zero-order valence-electron chi connectivity index (χ0n) is 6.30. The SMILES string of the molecule is Nc1cc(OC(F)(F)F)ccc1S. The molecule has 0 aliphatic carbocycles. The number of alkyl halides is 3. The standard InChI is InChI=1S/C7H6F3NOS/c8-7(9,10)12-4-1-2-6(13)5(11)3-4/h1-3,13H,11H2. The van der Waals surface area contributed by atoms with Crippen LogP contribution in [0, 0.1) is 0 Å². The summed E-state index contributed by atoms with van der Waals surface area (Å²) in [5, 5.41) is 0. The minimum atomic E-state index is -4.69. The molecule has 1 rings (SSSR count). The molecule has 0 aromatic heterocycles. The Balaban J connectivity index is 2.86. The molecule has 0 fully saturated rings. The molecule has 0 aliphatic rings. The van der Waals surface area contributed by atoms with Gasteiger partial charge in [0.1, 0.15) is 5.75 Å². The van der Waals surface area contributed by atoms with Crippen molar-refractivity contribution in [2.24, 2.45) is 0 Å². The highest BCUT2D eigenvalue weighted by Gasteiger charge is 2.31. The van der Waals surface area contributed by atoms with Gasteiger partial charge in [0.2, 0.25) is 0 Å². The highest BCUT2D eigenvalue weighted by Crippen LogP contribution is 2.27. The topological polar surface area (TPSA) is 35.2 Å². The first-order valence-corrected chi connectivity index (χ1v) is 3.67. The lowest BCUT2D eigenvalue weighted by Gasteiger charge is -2.09. The molecule has 2 nitrogen and oxygen atoms in total. The highest BCUT2D eigenvalue weighted by molar-refractivity contribution is 7.80. The zero-order valence-corrected chi connectivity index (χ0v) is 7.19. The molecule has 72 valence electrons. The maximum absolute atomic E-state index is 11.7. The maximum atomic E-state index is 11.7. The molecular weight excluding hydrogens is 203 g/mol. The predicted molar refractivity (Wildman–Crippen MR) is 44.8 cm³/mol. The van der Waals surface area contributed by atoms with E-state index in [9.17, 15) is 13.2 Å². The van der Waals surface area contributed by atoms with Crippen LogP contribution in [0.4, 0.5) is 18.9 Å². The van der Waals surface area contributed by atoms with Crippen LogP contribution >= 0.6 is 12.6 Å². The molecule has 0 saturated heterocycles. The molecule has 13 heavy (non-hydrogen) atoms. The Morgan fingerprint density at radius 2 is 1.92 bits per heavy atom. The molecule has 1 aromatic carbocycles. The van der Waals surface area contributed by atoms with Gasteiger partial charge in [-0.25, -0.2) is 0 Å². The minimum absolute atomic E-state index is 0.144. The molecule has 0 unspecified atom stereocenters. The average Bonchev–Trinajstić information content (AvgIpc) is 1.94. The first kappa shape index (κ1) is 10.0. The van der Waals surface area contributed by atoms with Gasteiger partial charge >= 0.3 is 6.36 Å². The van der Waals surface area contributed by atoms with E-state index in [1.165, 1.54) is 6.07 Å². The molecule has 0 saturated carbocycles. The molecule has 0 spiro atoms. The quantitative estimate of drug-likeness (QED) is 0.550. The van der Waals surface area contributed by atoms with E-state index in [1.807, 2.05) is 0 Å². The van der Waals surface area contributed by atoms with E-state index >= 15 is 0 Å². The van der Waals surface area contributed by atoms with Crippen LogP contribution < -0.4 is 10.5 Å². The van der Waals surface area contributed by atoms with Crippen molar-refractivity contribution in [3.63, 3.8) is 0 Å². The Labute approximate surface area is 77.9 Å². The van der Waals surface area contributed by atoms with Gasteiger partial charge in [-0.1, -0.05) is 0 Å². The summed E-state index contributed by atoms with van der Waals surface area (Å²) in [7, 11) is 0. The van der Waals surface area contributed by atoms with E-state index in [0.29, 0.717) is 4.90 Å². The van der Waals surface area contributed by atoms with Crippen molar-refractivity contribution in [1.29, 1.82) is 0 Å². The third kappa shape index (κ3) is 3.06. The molecule has 0 bridgehead atoms. The fraction of sp³-hybridized carbons (Fsp3) is 0.143. The Morgan fingerprint density at radius 1 is 1.31 bits per heavy atom. The number of hydrogen-bond donors (Lipinski definition) is 2. The summed E-state index contributed by atoms with van der Waals surface area (Å²) in [6.45, 7) is 0. The average molecular weight is 209 g/mol. The Bertz CT molecular complexity index is 313. The number of rotatable bonds is 1. The van der Waals surface area contributed by atoms with E-state index in [0.717, 1.165) is 12.1 Å². The Hall–Kier alpha value is -1.04. The molecule has 2 N–H and O–H groups in total. The molecule has 0 radical (unpaired) electrons. The van der Waals surface area contributed by atoms with Gasteiger partial charge in [0.25, 0.3) is 0 Å². The van der Waals surface area contributed by atoms with Crippen molar-refractivity contribution in [2.75, 3.05) is 5.73 Å². The number of benzene rings is 1. The van der Waals surface area contributed by atoms with E-state index in [1.54, 1.807) is 0 Å². The fourth-order valence-corrected chi connectivity index (χ4v) is 0.869. The van der Waals surface area contributed by atoms with Crippen LogP contribution in [-0.4, -0.2) is 6.36 Å². The van der Waals surface area contributed by atoms with Crippen molar-refractivity contribution in [2.45, 2.75) is 11.3 Å². The summed E-state index contributed by atoms with van der Waals surface area (Å²) < 4.78 is 38.7. The molecule has 0 aliphatic heterocycles. The molecule has 0 atom stereocenters. The van der Waals surface area contributed by atoms with Crippen molar-refractivity contribution >= 4 is 18.3 Å². The van der Waals surface area contributed by atoms with E-state index in [2.05, 4.69) is 17.4 Å². The molecule has 1 aromatic rings. The number of nitrogens with two attached hydrogens (primary N) is 1. The summed E-state index contributed by atoms with van der Waals surface area (Å²) >= 11 is 3.89. The Kier molecular flexibility index (Phi) is 2.60. The van der Waals surface area contributed by atoms with Crippen molar-refractivity contribution in [3.8, 4) is 5.75 Å². The van der Waals surface area contributed by atoms with Crippen LogP contribution in [0.25, 0.3) is 0 Å². The number of nitrogen functional groups attached to an aromatic ring is 1. The fourth-order valence-electron chi connectivity index (χ4n) is 0.730. The second-order valence-electron chi connectivity index (χ2n) is 2.27. The van der Waals surface area contributed by atoms with E-state index < -0.39 is 6.36 Å². The lowest BCUT2D eigenvalue weighted by Crippen LogP contribution is -2.17. The number of hydrogen-bond acceptors (Lipinski definition) is 3. The van der Waals surface area contributed by atoms with Gasteiger partial charge in [0.15, 0.2) is 0 Å². The van der Waals surface area contributed by atoms with Crippen LogP contribution in [-0.2, 0) is 0 Å². The van der Waals surface area contributed by atoms with Gasteiger partial charge in [-0.05, 0) is 12.1 Å². The normalized spacial score (nSPS) is 11.4. The monoisotopic (exact) mass is 209 g/mol. The van der Waals surface area contributed by atoms with Crippen molar-refractivity contribution in [1.82, 2.24) is 0 Å². The van der Waals surface area contributed by atoms with Crippen LogP contribution in [0.3, 0.4) is 0 Å². The third-order valence-electron chi connectivity index (χ3n) is 1.23. The molecule has 6 heteroatoms. The van der Waals surface area contributed by atoms with Gasteiger partial charge in [0, 0.05) is 16.6 Å². The minimum Gasteiger partial charge on any atom is -0.406 e. The summed E-state index contributed by atoms with van der Waals surface area (Å²) in [6, 6.07) is 3.54. The number of anilines is 1. The lowest BCUT2D eigenvalue weighted by molar-refractivity contribution is -0.274. The Morgan fingerprint density at radius 3 is 2.38 bits per heavy atom. The molecular formula is C7H6F3NOS. The first-order chi connectivity index (χ1) is 5.88. The van der Waals surface area contributed by atoms with Crippen LogP contribution in [0.15, 0.2) is 23.1 Å². The molecule has 0 heterocycles. The number of ether oxygens (including phenoxy) is 1.